The van der Waals surface area contributed by atoms with E-state index < -0.39 is 12.2 Å². The third-order valence-corrected chi connectivity index (χ3v) is 5.66. The predicted molar refractivity (Wildman–Crippen MR) is 114 cm³/mol. The number of hydrogen-bond acceptors (Lipinski definition) is 7. The number of nitrogens with zero attached hydrogens (tertiary/aromatic N) is 5. The zero-order chi connectivity index (χ0) is 22.0. The number of hydrogen-bond donors (Lipinski definition) is 2. The highest BCUT2D eigenvalue weighted by atomic mass is 16.6. The van der Waals surface area contributed by atoms with E-state index in [0.29, 0.717) is 24.9 Å². The number of piperazine rings is 1. The Morgan fingerprint density at radius 3 is 2.61 bits per heavy atom. The van der Waals surface area contributed by atoms with Crippen molar-refractivity contribution >= 4 is 24.0 Å². The van der Waals surface area contributed by atoms with Crippen LogP contribution in [0.15, 0.2) is 30.5 Å². The van der Waals surface area contributed by atoms with E-state index in [0.717, 1.165) is 30.8 Å². The van der Waals surface area contributed by atoms with Crippen molar-refractivity contribution in [1.82, 2.24) is 19.8 Å². The summed E-state index contributed by atoms with van der Waals surface area (Å²) in [5.74, 6) is 1.01. The highest BCUT2D eigenvalue weighted by molar-refractivity contribution is 5.88. The first-order chi connectivity index (χ1) is 14.9. The number of nitrogens with one attached hydrogen (secondary N) is 1. The molecule has 164 valence electrons. The summed E-state index contributed by atoms with van der Waals surface area (Å²) >= 11 is 0. The van der Waals surface area contributed by atoms with Crippen LogP contribution in [0.25, 0.3) is 0 Å². The number of ether oxygens (including phenoxy) is 1. The van der Waals surface area contributed by atoms with E-state index in [2.05, 4.69) is 44.5 Å². The topological polar surface area (TPSA) is 111 Å². The second kappa shape index (κ2) is 8.76. The van der Waals surface area contributed by atoms with Crippen molar-refractivity contribution < 1.29 is 19.4 Å². The van der Waals surface area contributed by atoms with Crippen LogP contribution >= 0.6 is 0 Å². The van der Waals surface area contributed by atoms with Gasteiger partial charge >= 0.3 is 12.2 Å². The summed E-state index contributed by atoms with van der Waals surface area (Å²) in [5.41, 5.74) is 3.05. The van der Waals surface area contributed by atoms with Gasteiger partial charge in [-0.05, 0) is 18.1 Å². The smallest absolute Gasteiger partial charge is 0.415 e. The molecule has 10 heteroatoms. The Bertz CT molecular complexity index is 959. The lowest BCUT2D eigenvalue weighted by Crippen LogP contribution is -2.47. The molecule has 0 radical (unpaired) electrons. The number of carbonyl (C=O) groups excluding carboxylic acids is 1. The van der Waals surface area contributed by atoms with Crippen LogP contribution < -0.4 is 10.2 Å². The lowest BCUT2D eigenvalue weighted by molar-refractivity contribution is 0.103. The molecule has 2 aliphatic rings. The molecule has 1 aromatic carbocycles. The standard InChI is InChI=1S/C21H26N6O4/c1-14(23-19-22-11-17-13-31-21(30)25(2)18(17)24-19)16-5-3-15(4-6-16)12-26-7-9-27(10-8-26)20(28)29/h3-6,11,14H,7-10,12-13H2,1-2H3,(H,28,29)(H,22,23,24)/t14-/m0/s1. The van der Waals surface area contributed by atoms with Crippen LogP contribution in [0.5, 0.6) is 0 Å². The maximum Gasteiger partial charge on any atom is 0.415 e. The highest BCUT2D eigenvalue weighted by Gasteiger charge is 2.25. The van der Waals surface area contributed by atoms with Crippen molar-refractivity contribution in [3.05, 3.63) is 47.2 Å². The van der Waals surface area contributed by atoms with Gasteiger partial charge in [0.05, 0.1) is 11.6 Å². The Balaban J connectivity index is 1.35. The van der Waals surface area contributed by atoms with Gasteiger partial charge in [0, 0.05) is 46.0 Å². The lowest BCUT2D eigenvalue weighted by Gasteiger charge is -2.33. The Morgan fingerprint density at radius 1 is 1.23 bits per heavy atom. The largest absolute Gasteiger partial charge is 0.465 e. The van der Waals surface area contributed by atoms with Crippen LogP contribution in [0.1, 0.15) is 29.7 Å². The molecule has 2 amide bonds. The van der Waals surface area contributed by atoms with Crippen molar-refractivity contribution in [1.29, 1.82) is 0 Å². The maximum absolute atomic E-state index is 11.7. The Kier molecular flexibility index (Phi) is 5.90. The molecular weight excluding hydrogens is 400 g/mol. The van der Waals surface area contributed by atoms with Crippen molar-refractivity contribution in [3.63, 3.8) is 0 Å². The van der Waals surface area contributed by atoms with Gasteiger partial charge in [0.15, 0.2) is 0 Å². The van der Waals surface area contributed by atoms with Gasteiger partial charge in [-0.2, -0.15) is 4.98 Å². The second-order valence-electron chi connectivity index (χ2n) is 7.81. The predicted octanol–water partition coefficient (Wildman–Crippen LogP) is 2.53. The van der Waals surface area contributed by atoms with Crippen LogP contribution in [0.2, 0.25) is 0 Å². The van der Waals surface area contributed by atoms with E-state index in [-0.39, 0.29) is 12.6 Å². The second-order valence-corrected chi connectivity index (χ2v) is 7.81. The molecule has 0 spiro atoms. The minimum absolute atomic E-state index is 0.0212. The van der Waals surface area contributed by atoms with E-state index in [4.69, 9.17) is 9.84 Å². The van der Waals surface area contributed by atoms with Crippen LogP contribution in [0, 0.1) is 0 Å². The average molecular weight is 426 g/mol. The van der Waals surface area contributed by atoms with Gasteiger partial charge < -0.3 is 20.1 Å². The summed E-state index contributed by atoms with van der Waals surface area (Å²) in [7, 11) is 1.63. The molecule has 2 aliphatic heterocycles. The van der Waals surface area contributed by atoms with Crippen molar-refractivity contribution in [2.45, 2.75) is 26.1 Å². The molecule has 4 rings (SSSR count). The normalized spacial score (nSPS) is 17.7. The van der Waals surface area contributed by atoms with E-state index in [9.17, 15) is 9.59 Å². The minimum atomic E-state index is -0.847. The molecule has 1 atom stereocenters. The molecule has 1 saturated heterocycles. The number of anilines is 2. The van der Waals surface area contributed by atoms with Gasteiger partial charge in [-0.25, -0.2) is 14.6 Å². The molecule has 2 aromatic rings. The number of fused-ring (bicyclic) bond motifs is 1. The van der Waals surface area contributed by atoms with E-state index in [1.54, 1.807) is 13.2 Å². The molecule has 0 saturated carbocycles. The fourth-order valence-corrected chi connectivity index (χ4v) is 3.73. The number of carboxylic acid groups (broad SMARTS) is 1. The van der Waals surface area contributed by atoms with Gasteiger partial charge in [-0.1, -0.05) is 24.3 Å². The minimum Gasteiger partial charge on any atom is -0.465 e. The van der Waals surface area contributed by atoms with Crippen LogP contribution in [0.4, 0.5) is 21.4 Å². The average Bonchev–Trinajstić information content (AvgIpc) is 2.77. The first kappa shape index (κ1) is 20.9. The molecule has 31 heavy (non-hydrogen) atoms. The van der Waals surface area contributed by atoms with Crippen LogP contribution in [-0.2, 0) is 17.9 Å². The van der Waals surface area contributed by atoms with Crippen LogP contribution in [-0.4, -0.2) is 70.3 Å². The van der Waals surface area contributed by atoms with Crippen LogP contribution in [0.3, 0.4) is 0 Å². The van der Waals surface area contributed by atoms with Gasteiger partial charge in [0.2, 0.25) is 5.95 Å². The molecule has 1 fully saturated rings. The highest BCUT2D eigenvalue weighted by Crippen LogP contribution is 2.25. The monoisotopic (exact) mass is 426 g/mol. The SMILES string of the molecule is C[C@H](Nc1ncc2c(n1)N(C)C(=O)OC2)c1ccc(CN2CCN(C(=O)O)CC2)cc1. The Labute approximate surface area is 180 Å². The molecule has 0 aliphatic carbocycles. The van der Waals surface area contributed by atoms with Crippen molar-refractivity contribution in [3.8, 4) is 0 Å². The van der Waals surface area contributed by atoms with E-state index in [1.165, 1.54) is 15.4 Å². The molecule has 2 N–H and O–H groups in total. The zero-order valence-corrected chi connectivity index (χ0v) is 17.6. The molecular formula is C21H26N6O4. The zero-order valence-electron chi connectivity index (χ0n) is 17.6. The first-order valence-electron chi connectivity index (χ1n) is 10.2. The van der Waals surface area contributed by atoms with Gasteiger partial charge in [-0.3, -0.25) is 9.80 Å². The summed E-state index contributed by atoms with van der Waals surface area (Å²) in [4.78, 5) is 36.7. The number of cyclic esters (lactones) is 1. The molecule has 3 heterocycles. The van der Waals surface area contributed by atoms with Crippen molar-refractivity contribution in [2.75, 3.05) is 43.4 Å². The summed E-state index contributed by atoms with van der Waals surface area (Å²) in [6.45, 7) is 5.57. The fourth-order valence-electron chi connectivity index (χ4n) is 3.73. The fraction of sp³-hybridized carbons (Fsp3) is 0.429. The Hall–Kier alpha value is -3.40. The molecule has 10 nitrogen and oxygen atoms in total. The van der Waals surface area contributed by atoms with E-state index >= 15 is 0 Å². The van der Waals surface area contributed by atoms with E-state index in [1.807, 2.05) is 6.92 Å². The number of carbonyl (C=O) groups is 2. The summed E-state index contributed by atoms with van der Waals surface area (Å²) in [6, 6.07) is 8.31. The summed E-state index contributed by atoms with van der Waals surface area (Å²) in [6.07, 6.45) is 0.401. The maximum atomic E-state index is 11.7. The van der Waals surface area contributed by atoms with Gasteiger partial charge in [0.25, 0.3) is 0 Å². The quantitative estimate of drug-likeness (QED) is 0.750. The Morgan fingerprint density at radius 2 is 1.94 bits per heavy atom. The third-order valence-electron chi connectivity index (χ3n) is 5.66. The molecule has 0 unspecified atom stereocenters. The van der Waals surface area contributed by atoms with Crippen molar-refractivity contribution in [2.24, 2.45) is 0 Å². The number of rotatable bonds is 5. The number of benzene rings is 1. The molecule has 0 bridgehead atoms. The summed E-state index contributed by atoms with van der Waals surface area (Å²) < 4.78 is 5.04. The van der Waals surface area contributed by atoms with Gasteiger partial charge in [-0.15, -0.1) is 0 Å². The number of amides is 2. The lowest BCUT2D eigenvalue weighted by atomic mass is 10.1. The van der Waals surface area contributed by atoms with Gasteiger partial charge in [0.1, 0.15) is 12.4 Å². The third kappa shape index (κ3) is 4.69. The summed E-state index contributed by atoms with van der Waals surface area (Å²) in [5, 5.41) is 12.3. The molecule has 1 aromatic heterocycles. The number of aromatic nitrogens is 2. The first-order valence-corrected chi connectivity index (χ1v) is 10.2.